The zero-order valence-corrected chi connectivity index (χ0v) is 7.52. The van der Waals surface area contributed by atoms with Crippen LogP contribution in [0, 0.1) is 0 Å². The molecule has 0 saturated heterocycles. The van der Waals surface area contributed by atoms with E-state index in [2.05, 4.69) is 0 Å². The zero-order valence-electron chi connectivity index (χ0n) is 5.13. The van der Waals surface area contributed by atoms with Crippen LogP contribution in [-0.2, 0) is 0 Å². The van der Waals surface area contributed by atoms with Crippen LogP contribution in [0.25, 0.3) is 0 Å². The highest BCUT2D eigenvalue weighted by Crippen LogP contribution is 2.12. The average Bonchev–Trinajstić information content (AvgIpc) is 1.88. The molecule has 0 aliphatic heterocycles. The Kier molecular flexibility index (Phi) is 2.72. The average molecular weight is 189 g/mol. The number of hydrogen-bond acceptors (Lipinski definition) is 2. The molecule has 0 bridgehead atoms. The van der Waals surface area contributed by atoms with Crippen molar-refractivity contribution in [2.45, 2.75) is 6.42 Å². The van der Waals surface area contributed by atoms with E-state index >= 15 is 0 Å². The first-order valence-electron chi connectivity index (χ1n) is 2.81. The van der Waals surface area contributed by atoms with Gasteiger partial charge in [-0.05, 0) is 6.08 Å². The van der Waals surface area contributed by atoms with E-state index < -0.39 is 0 Å². The predicted octanol–water partition coefficient (Wildman–Crippen LogP) is 2.81. The van der Waals surface area contributed by atoms with Gasteiger partial charge >= 0.3 is 0 Å². The molecule has 0 amide bonds. The van der Waals surface area contributed by atoms with Crippen molar-refractivity contribution in [1.29, 1.82) is 0 Å². The van der Waals surface area contributed by atoms with Gasteiger partial charge in [0.15, 0.2) is 0 Å². The van der Waals surface area contributed by atoms with Crippen molar-refractivity contribution >= 4 is 45.2 Å². The van der Waals surface area contributed by atoms with Crippen molar-refractivity contribution in [3.05, 3.63) is 23.8 Å². The molecule has 3 heteroatoms. The lowest BCUT2D eigenvalue weighted by Crippen LogP contribution is -1.98. The third kappa shape index (κ3) is 1.97. The van der Waals surface area contributed by atoms with Crippen molar-refractivity contribution in [1.82, 2.24) is 0 Å². The van der Waals surface area contributed by atoms with Crippen LogP contribution in [0.3, 0.4) is 0 Å². The topological polar surface area (TPSA) is 0 Å². The molecule has 0 unspecified atom stereocenters. The summed E-state index contributed by atoms with van der Waals surface area (Å²) in [4.78, 5) is 0.889. The molecule has 10 heavy (non-hydrogen) atoms. The quantitative estimate of drug-likeness (QED) is 0.459. The molecule has 0 N–H and O–H groups in total. The van der Waals surface area contributed by atoms with Crippen LogP contribution >= 0.6 is 36.0 Å². The normalized spacial score (nSPS) is 16.9. The van der Waals surface area contributed by atoms with Gasteiger partial charge in [-0.3, -0.25) is 0 Å². The fourth-order valence-corrected chi connectivity index (χ4v) is 1.17. The number of hydrogen-bond donors (Lipinski definition) is 0. The minimum absolute atomic E-state index is 0.387. The van der Waals surface area contributed by atoms with Crippen LogP contribution in [0.5, 0.6) is 0 Å². The Morgan fingerprint density at radius 2 is 2.30 bits per heavy atom. The lowest BCUT2D eigenvalue weighted by molar-refractivity contribution is 1.49. The molecule has 1 aliphatic rings. The fourth-order valence-electron chi connectivity index (χ4n) is 0.705. The van der Waals surface area contributed by atoms with Crippen molar-refractivity contribution in [3.8, 4) is 0 Å². The Morgan fingerprint density at radius 3 is 2.70 bits per heavy atom. The maximum Gasteiger partial charge on any atom is 0.111 e. The van der Waals surface area contributed by atoms with Gasteiger partial charge in [-0.2, -0.15) is 0 Å². The van der Waals surface area contributed by atoms with Gasteiger partial charge in [0.25, 0.3) is 0 Å². The smallest absolute Gasteiger partial charge is 0.0846 e. The molecule has 0 atom stereocenters. The Bertz CT molecular complexity index is 236. The molecule has 0 fully saturated rings. The van der Waals surface area contributed by atoms with E-state index in [0.717, 1.165) is 16.9 Å². The van der Waals surface area contributed by atoms with Gasteiger partial charge in [0.05, 0.1) is 0 Å². The van der Waals surface area contributed by atoms with Crippen LogP contribution in [0.4, 0.5) is 0 Å². The highest BCUT2D eigenvalue weighted by atomic mass is 35.5. The summed E-state index contributed by atoms with van der Waals surface area (Å²) in [5.74, 6) is 0. The van der Waals surface area contributed by atoms with E-state index in [-0.39, 0.29) is 0 Å². The van der Waals surface area contributed by atoms with Gasteiger partial charge in [0, 0.05) is 16.9 Å². The van der Waals surface area contributed by atoms with Gasteiger partial charge in [-0.25, -0.2) is 0 Å². The third-order valence-corrected chi connectivity index (χ3v) is 1.90. The molecular weight excluding hydrogens is 184 g/mol. The predicted molar refractivity (Wildman–Crippen MR) is 52.9 cm³/mol. The third-order valence-electron chi connectivity index (χ3n) is 1.16. The maximum atomic E-state index is 5.57. The largest absolute Gasteiger partial charge is 0.111 e. The molecule has 0 aromatic carbocycles. The zero-order chi connectivity index (χ0) is 7.56. The maximum absolute atomic E-state index is 5.57. The van der Waals surface area contributed by atoms with E-state index in [9.17, 15) is 0 Å². The van der Waals surface area contributed by atoms with Crippen LogP contribution in [0.1, 0.15) is 6.42 Å². The monoisotopic (exact) mass is 188 g/mol. The summed E-state index contributed by atoms with van der Waals surface area (Å²) in [5.41, 5.74) is 0.855. The van der Waals surface area contributed by atoms with Gasteiger partial charge in [-0.15, -0.1) is 0 Å². The molecule has 1 aliphatic carbocycles. The summed E-state index contributed by atoms with van der Waals surface area (Å²) >= 11 is 15.3. The molecule has 0 aromatic rings. The summed E-state index contributed by atoms with van der Waals surface area (Å²) in [6, 6.07) is 0. The molecule has 0 spiro atoms. The first kappa shape index (κ1) is 8.05. The van der Waals surface area contributed by atoms with Crippen molar-refractivity contribution in [3.63, 3.8) is 0 Å². The minimum atomic E-state index is 0.387. The summed E-state index contributed by atoms with van der Waals surface area (Å²) in [6.07, 6.45) is 6.53. The van der Waals surface area contributed by atoms with Crippen LogP contribution < -0.4 is 0 Å². The van der Waals surface area contributed by atoms with E-state index in [0.29, 0.717) is 4.32 Å². The lowest BCUT2D eigenvalue weighted by Gasteiger charge is -2.02. The molecule has 0 radical (unpaired) electrons. The second-order valence-electron chi connectivity index (χ2n) is 1.95. The number of allylic oxidation sites excluding steroid dienone is 4. The summed E-state index contributed by atoms with van der Waals surface area (Å²) in [7, 11) is 0. The molecule has 52 valence electrons. The highest BCUT2D eigenvalue weighted by molar-refractivity contribution is 7.83. The van der Waals surface area contributed by atoms with Gasteiger partial charge in [-0.1, -0.05) is 48.2 Å². The second-order valence-corrected chi connectivity index (χ2v) is 3.48. The molecule has 0 heterocycles. The number of rotatable bonds is 1. The van der Waals surface area contributed by atoms with Crippen LogP contribution in [0.15, 0.2) is 23.8 Å². The molecule has 1 rings (SSSR count). The molecule has 0 nitrogen and oxygen atoms in total. The molecule has 0 saturated carbocycles. The summed E-state index contributed by atoms with van der Waals surface area (Å²) in [5, 5.41) is 0. The molecular formula is C7H5ClS2. The molecule has 0 aromatic heterocycles. The first-order valence-corrected chi connectivity index (χ1v) is 4.00. The Hall–Kier alpha value is -0.0500. The Labute approximate surface area is 75.6 Å². The van der Waals surface area contributed by atoms with Gasteiger partial charge < -0.3 is 0 Å². The van der Waals surface area contributed by atoms with E-state index in [1.54, 1.807) is 0 Å². The first-order chi connectivity index (χ1) is 4.70. The van der Waals surface area contributed by atoms with Crippen molar-refractivity contribution < 1.29 is 0 Å². The Morgan fingerprint density at radius 1 is 1.60 bits per heavy atom. The van der Waals surface area contributed by atoms with Gasteiger partial charge in [0.2, 0.25) is 0 Å². The van der Waals surface area contributed by atoms with Crippen LogP contribution in [-0.4, -0.2) is 9.19 Å². The lowest BCUT2D eigenvalue weighted by atomic mass is 10.1. The van der Waals surface area contributed by atoms with Gasteiger partial charge in [0.1, 0.15) is 4.32 Å². The van der Waals surface area contributed by atoms with Crippen molar-refractivity contribution in [2.75, 3.05) is 0 Å². The second kappa shape index (κ2) is 3.37. The standard InChI is InChI=1S/C7H5ClS2/c8-7(10)5-2-1-3-6(9)4-5/h1-2,4H,3H2. The van der Waals surface area contributed by atoms with E-state index in [1.807, 2.05) is 18.2 Å². The number of thiocarbonyl (C=S) groups is 2. The van der Waals surface area contributed by atoms with Crippen LogP contribution in [0.2, 0.25) is 0 Å². The fraction of sp³-hybridized carbons (Fsp3) is 0.143. The van der Waals surface area contributed by atoms with Crippen molar-refractivity contribution in [2.24, 2.45) is 0 Å². The van der Waals surface area contributed by atoms with E-state index in [1.165, 1.54) is 0 Å². The number of halogens is 1. The highest BCUT2D eigenvalue weighted by Gasteiger charge is 2.02. The Balaban J connectivity index is 2.86. The minimum Gasteiger partial charge on any atom is -0.0846 e. The summed E-state index contributed by atoms with van der Waals surface area (Å²) in [6.45, 7) is 0. The summed E-state index contributed by atoms with van der Waals surface area (Å²) < 4.78 is 0.387. The van der Waals surface area contributed by atoms with E-state index in [4.69, 9.17) is 36.0 Å². The SMILES string of the molecule is S=C1C=C(C(=S)Cl)C=CC1.